The standard InChI is InChI=1S/C31H38FN7O2/c1-8-9-10-30(40)34-25-17-26(29(41-7)18-28(25)38(5)14-13-37(3)4)36-31-33-20(2)15-24(35-31)23-19-39(6)27-12-11-21(32)16-22(23)27/h9-12,15-19H,8,13-14H2,1-7H3,(H,34,40)(H,33,35,36)/b10-9-. The third-order valence-corrected chi connectivity index (χ3v) is 6.70. The zero-order chi connectivity index (χ0) is 29.7. The van der Waals surface area contributed by atoms with Crippen molar-refractivity contribution in [2.24, 2.45) is 7.05 Å². The van der Waals surface area contributed by atoms with Gasteiger partial charge < -0.3 is 29.7 Å². The number of fused-ring (bicyclic) bond motifs is 1. The molecular formula is C31H38FN7O2. The number of amides is 1. The molecule has 4 aromatic rings. The Morgan fingerprint density at radius 3 is 2.59 bits per heavy atom. The number of hydrogen-bond acceptors (Lipinski definition) is 7. The van der Waals surface area contributed by atoms with Gasteiger partial charge in [-0.05, 0) is 63.8 Å². The van der Waals surface area contributed by atoms with Crippen molar-refractivity contribution >= 4 is 39.8 Å². The SMILES string of the molecule is CC/C=C\C(=O)Nc1cc(Nc2nc(C)cc(-c3cn(C)c4ccc(F)cc34)n2)c(OC)cc1N(C)CCN(C)C. The van der Waals surface area contributed by atoms with Crippen LogP contribution < -0.4 is 20.3 Å². The molecule has 0 fully saturated rings. The number of anilines is 4. The predicted octanol–water partition coefficient (Wildman–Crippen LogP) is 5.74. The summed E-state index contributed by atoms with van der Waals surface area (Å²) in [5.41, 5.74) is 5.13. The van der Waals surface area contributed by atoms with E-state index in [1.54, 1.807) is 13.2 Å². The Bertz CT molecular complexity index is 1580. The lowest BCUT2D eigenvalue weighted by molar-refractivity contribution is -0.111. The fourth-order valence-corrected chi connectivity index (χ4v) is 4.57. The van der Waals surface area contributed by atoms with Crippen LogP contribution in [0.25, 0.3) is 22.2 Å². The van der Waals surface area contributed by atoms with Crippen LogP contribution in [0.5, 0.6) is 5.75 Å². The Morgan fingerprint density at radius 1 is 1.10 bits per heavy atom. The van der Waals surface area contributed by atoms with E-state index in [4.69, 9.17) is 9.72 Å². The predicted molar refractivity (Wildman–Crippen MR) is 165 cm³/mol. The van der Waals surface area contributed by atoms with Crippen LogP contribution in [0.1, 0.15) is 19.0 Å². The van der Waals surface area contributed by atoms with E-state index in [2.05, 4.69) is 25.4 Å². The average molecular weight is 560 g/mol. The fraction of sp³-hybridized carbons (Fsp3) is 0.323. The summed E-state index contributed by atoms with van der Waals surface area (Å²) in [6.45, 7) is 5.44. The topological polar surface area (TPSA) is 87.5 Å². The number of methoxy groups -OCH3 is 1. The highest BCUT2D eigenvalue weighted by molar-refractivity contribution is 6.02. The number of likely N-dealkylation sites (N-methyl/N-ethyl adjacent to an activating group) is 2. The van der Waals surface area contributed by atoms with Gasteiger partial charge >= 0.3 is 0 Å². The van der Waals surface area contributed by atoms with E-state index in [1.807, 2.05) is 77.1 Å². The lowest BCUT2D eigenvalue weighted by atomic mass is 10.1. The van der Waals surface area contributed by atoms with Gasteiger partial charge in [0.25, 0.3) is 0 Å². The Morgan fingerprint density at radius 2 is 1.88 bits per heavy atom. The highest BCUT2D eigenvalue weighted by Gasteiger charge is 2.18. The van der Waals surface area contributed by atoms with E-state index in [1.165, 1.54) is 18.2 Å². The molecule has 9 nitrogen and oxygen atoms in total. The monoisotopic (exact) mass is 559 g/mol. The van der Waals surface area contributed by atoms with Crippen molar-refractivity contribution in [2.75, 3.05) is 56.9 Å². The molecule has 0 saturated carbocycles. The Hall–Kier alpha value is -4.44. The summed E-state index contributed by atoms with van der Waals surface area (Å²) in [5, 5.41) is 7.07. The molecule has 2 aromatic carbocycles. The first-order valence-electron chi connectivity index (χ1n) is 13.5. The van der Waals surface area contributed by atoms with Gasteiger partial charge in [0.05, 0.1) is 29.9 Å². The Labute approximate surface area is 240 Å². The second kappa shape index (κ2) is 12.8. The number of carbonyl (C=O) groups excluding carboxylic acids is 1. The molecule has 4 rings (SSSR count). The number of aryl methyl sites for hydroxylation is 2. The summed E-state index contributed by atoms with van der Waals surface area (Å²) >= 11 is 0. The summed E-state index contributed by atoms with van der Waals surface area (Å²) < 4.78 is 21.8. The zero-order valence-electron chi connectivity index (χ0n) is 24.7. The van der Waals surface area contributed by atoms with Crippen LogP contribution in [0, 0.1) is 12.7 Å². The quantitative estimate of drug-likeness (QED) is 0.227. The number of allylic oxidation sites excluding steroid dienone is 1. The summed E-state index contributed by atoms with van der Waals surface area (Å²) in [6.07, 6.45) is 6.04. The van der Waals surface area contributed by atoms with E-state index < -0.39 is 0 Å². The van der Waals surface area contributed by atoms with Crippen molar-refractivity contribution in [1.29, 1.82) is 0 Å². The van der Waals surface area contributed by atoms with Crippen LogP contribution in [0.15, 0.2) is 54.7 Å². The van der Waals surface area contributed by atoms with Crippen LogP contribution in [0.4, 0.5) is 27.4 Å². The molecule has 2 aromatic heterocycles. The number of halogens is 1. The van der Waals surface area contributed by atoms with Crippen LogP contribution in [0.3, 0.4) is 0 Å². The van der Waals surface area contributed by atoms with Crippen molar-refractivity contribution in [3.63, 3.8) is 0 Å². The van der Waals surface area contributed by atoms with Crippen molar-refractivity contribution in [3.8, 4) is 17.0 Å². The minimum Gasteiger partial charge on any atom is -0.494 e. The molecule has 0 bridgehead atoms. The van der Waals surface area contributed by atoms with Crippen molar-refractivity contribution in [3.05, 3.63) is 66.3 Å². The Kier molecular flexibility index (Phi) is 9.24. The number of rotatable bonds is 11. The van der Waals surface area contributed by atoms with E-state index in [9.17, 15) is 9.18 Å². The number of hydrogen-bond donors (Lipinski definition) is 2. The maximum Gasteiger partial charge on any atom is 0.248 e. The van der Waals surface area contributed by atoms with Gasteiger partial charge in [0.15, 0.2) is 0 Å². The number of benzene rings is 2. The molecule has 0 atom stereocenters. The van der Waals surface area contributed by atoms with E-state index >= 15 is 0 Å². The number of aromatic nitrogens is 3. The third kappa shape index (κ3) is 7.01. The second-order valence-electron chi connectivity index (χ2n) is 10.3. The van der Waals surface area contributed by atoms with E-state index in [0.29, 0.717) is 28.8 Å². The van der Waals surface area contributed by atoms with Gasteiger partial charge in [0.2, 0.25) is 11.9 Å². The van der Waals surface area contributed by atoms with Gasteiger partial charge in [-0.1, -0.05) is 13.0 Å². The molecule has 2 N–H and O–H groups in total. The lowest BCUT2D eigenvalue weighted by Crippen LogP contribution is -2.29. The molecular weight excluding hydrogens is 521 g/mol. The van der Waals surface area contributed by atoms with Gasteiger partial charge in [0.1, 0.15) is 11.6 Å². The second-order valence-corrected chi connectivity index (χ2v) is 10.3. The maximum atomic E-state index is 14.1. The normalized spacial score (nSPS) is 11.4. The largest absolute Gasteiger partial charge is 0.494 e. The van der Waals surface area contributed by atoms with Gasteiger partial charge in [-0.15, -0.1) is 0 Å². The molecule has 2 heterocycles. The van der Waals surface area contributed by atoms with Crippen LogP contribution in [0.2, 0.25) is 0 Å². The van der Waals surface area contributed by atoms with Gasteiger partial charge in [-0.3, -0.25) is 4.79 Å². The maximum absolute atomic E-state index is 14.1. The van der Waals surface area contributed by atoms with Crippen molar-refractivity contribution in [1.82, 2.24) is 19.4 Å². The first-order chi connectivity index (χ1) is 19.6. The van der Waals surface area contributed by atoms with Crippen LogP contribution in [-0.2, 0) is 11.8 Å². The molecule has 0 radical (unpaired) electrons. The minimum absolute atomic E-state index is 0.220. The third-order valence-electron chi connectivity index (χ3n) is 6.70. The minimum atomic E-state index is -0.308. The highest BCUT2D eigenvalue weighted by Crippen LogP contribution is 2.38. The summed E-state index contributed by atoms with van der Waals surface area (Å²) in [7, 11) is 9.53. The Balaban J connectivity index is 1.75. The average Bonchev–Trinajstić information content (AvgIpc) is 3.25. The molecule has 0 unspecified atom stereocenters. The number of ether oxygens (including phenoxy) is 1. The summed E-state index contributed by atoms with van der Waals surface area (Å²) in [6, 6.07) is 10.3. The fourth-order valence-electron chi connectivity index (χ4n) is 4.57. The first-order valence-corrected chi connectivity index (χ1v) is 13.5. The smallest absolute Gasteiger partial charge is 0.248 e. The molecule has 0 aliphatic rings. The van der Waals surface area contributed by atoms with Gasteiger partial charge in [0, 0.05) is 61.6 Å². The highest BCUT2D eigenvalue weighted by atomic mass is 19.1. The molecule has 1 amide bonds. The van der Waals surface area contributed by atoms with Crippen molar-refractivity contribution in [2.45, 2.75) is 20.3 Å². The molecule has 0 aliphatic carbocycles. The van der Waals surface area contributed by atoms with E-state index in [-0.39, 0.29) is 11.7 Å². The lowest BCUT2D eigenvalue weighted by Gasteiger charge is -2.26. The van der Waals surface area contributed by atoms with Gasteiger partial charge in [-0.2, -0.15) is 0 Å². The number of nitrogens with zero attached hydrogens (tertiary/aromatic N) is 5. The zero-order valence-corrected chi connectivity index (χ0v) is 24.7. The summed E-state index contributed by atoms with van der Waals surface area (Å²) in [5.74, 6) is 0.390. The molecule has 41 heavy (non-hydrogen) atoms. The van der Waals surface area contributed by atoms with Crippen LogP contribution >= 0.6 is 0 Å². The van der Waals surface area contributed by atoms with Crippen molar-refractivity contribution < 1.29 is 13.9 Å². The summed E-state index contributed by atoms with van der Waals surface area (Å²) in [4.78, 5) is 26.2. The van der Waals surface area contributed by atoms with Gasteiger partial charge in [-0.25, -0.2) is 14.4 Å². The molecule has 216 valence electrons. The first kappa shape index (κ1) is 29.5. The number of nitrogens with one attached hydrogen (secondary N) is 2. The number of carbonyl (C=O) groups is 1. The molecule has 0 spiro atoms. The van der Waals surface area contributed by atoms with Crippen LogP contribution in [-0.4, -0.2) is 66.7 Å². The molecule has 0 saturated heterocycles. The molecule has 0 aliphatic heterocycles. The van der Waals surface area contributed by atoms with E-state index in [0.717, 1.165) is 47.4 Å². The molecule has 10 heteroatoms.